The summed E-state index contributed by atoms with van der Waals surface area (Å²) in [5.74, 6) is 1.96. The van der Waals surface area contributed by atoms with E-state index in [-0.39, 0.29) is 0 Å². The Morgan fingerprint density at radius 1 is 1.00 bits per heavy atom. The van der Waals surface area contributed by atoms with Gasteiger partial charge in [-0.05, 0) is 73.9 Å². The Kier molecular flexibility index (Phi) is 10.1. The van der Waals surface area contributed by atoms with Gasteiger partial charge in [0.15, 0.2) is 0 Å². The van der Waals surface area contributed by atoms with Crippen LogP contribution >= 0.6 is 10.0 Å². The summed E-state index contributed by atoms with van der Waals surface area (Å²) in [6.07, 6.45) is 23.2. The first-order chi connectivity index (χ1) is 19.4. The van der Waals surface area contributed by atoms with E-state index in [1.807, 2.05) is 6.08 Å². The van der Waals surface area contributed by atoms with Crippen LogP contribution in [0.3, 0.4) is 0 Å². The minimum atomic E-state index is -1.41. The molecule has 1 heterocycles. The Morgan fingerprint density at radius 2 is 1.73 bits per heavy atom. The van der Waals surface area contributed by atoms with E-state index in [0.29, 0.717) is 6.61 Å². The second-order valence-electron chi connectivity index (χ2n) is 10.4. The zero-order valence-corrected chi connectivity index (χ0v) is 25.5. The van der Waals surface area contributed by atoms with Gasteiger partial charge in [0.05, 0.1) is 0 Å². The van der Waals surface area contributed by atoms with E-state index in [1.54, 1.807) is 0 Å². The molecular weight excluding hydrogens is 506 g/mol. The van der Waals surface area contributed by atoms with Crippen molar-refractivity contribution >= 4 is 19.8 Å². The first kappa shape index (κ1) is 29.5. The number of hydrogen-bond donors (Lipinski definition) is 0. The Morgan fingerprint density at radius 3 is 2.38 bits per heavy atom. The normalized spacial score (nSPS) is 21.1. The molecular formula is C37H43NOS. The Hall–Kier alpha value is -3.53. The molecule has 0 aromatic heterocycles. The highest BCUT2D eigenvalue weighted by atomic mass is 32.3. The van der Waals surface area contributed by atoms with E-state index >= 15 is 0 Å². The minimum Gasteiger partial charge on any atom is -0.492 e. The van der Waals surface area contributed by atoms with Crippen LogP contribution in [0, 0.1) is 0 Å². The highest BCUT2D eigenvalue weighted by Gasteiger charge is 2.41. The fourth-order valence-corrected chi connectivity index (χ4v) is 8.78. The smallest absolute Gasteiger partial charge is 0.119 e. The second kappa shape index (κ2) is 13.7. The number of benzene rings is 2. The number of nitrogens with zero attached hydrogens (tertiary/aromatic N) is 1. The van der Waals surface area contributed by atoms with Crippen LogP contribution in [0.1, 0.15) is 31.4 Å². The second-order valence-corrected chi connectivity index (χ2v) is 13.9. The molecule has 0 amide bonds. The van der Waals surface area contributed by atoms with E-state index in [9.17, 15) is 0 Å². The van der Waals surface area contributed by atoms with Crippen molar-refractivity contribution in [3.05, 3.63) is 149 Å². The van der Waals surface area contributed by atoms with Crippen LogP contribution in [0.4, 0.5) is 0 Å². The van der Waals surface area contributed by atoms with Crippen LogP contribution in [-0.2, 0) is 0 Å². The van der Waals surface area contributed by atoms with Gasteiger partial charge < -0.3 is 9.64 Å². The fourth-order valence-electron chi connectivity index (χ4n) is 5.34. The van der Waals surface area contributed by atoms with Crippen molar-refractivity contribution in [3.8, 4) is 5.75 Å². The molecule has 0 N–H and O–H groups in total. The maximum atomic E-state index is 6.06. The molecule has 1 unspecified atom stereocenters. The molecule has 2 aromatic rings. The first-order valence-corrected chi connectivity index (χ1v) is 16.3. The summed E-state index contributed by atoms with van der Waals surface area (Å²) in [4.78, 5) is 5.02. The van der Waals surface area contributed by atoms with Gasteiger partial charge in [0.1, 0.15) is 12.4 Å². The summed E-state index contributed by atoms with van der Waals surface area (Å²) in [6, 6.07) is 19.8. The molecule has 4 rings (SSSR count). The van der Waals surface area contributed by atoms with Gasteiger partial charge >= 0.3 is 0 Å². The Bertz CT molecular complexity index is 1410. The number of hydrogen-bond acceptors (Lipinski definition) is 2. The van der Waals surface area contributed by atoms with Crippen LogP contribution in [0.15, 0.2) is 138 Å². The zero-order valence-electron chi connectivity index (χ0n) is 24.7. The lowest BCUT2D eigenvalue weighted by Gasteiger charge is -2.38. The molecule has 40 heavy (non-hydrogen) atoms. The van der Waals surface area contributed by atoms with Gasteiger partial charge in [-0.2, -0.15) is 10.0 Å². The lowest BCUT2D eigenvalue weighted by molar-refractivity contribution is 0.261. The molecule has 2 aromatic carbocycles. The number of ether oxygens (including phenoxy) is 1. The van der Waals surface area contributed by atoms with Crippen molar-refractivity contribution in [1.82, 2.24) is 4.90 Å². The van der Waals surface area contributed by atoms with E-state index < -0.39 is 10.0 Å². The van der Waals surface area contributed by atoms with Gasteiger partial charge in [-0.25, -0.2) is 0 Å². The first-order valence-electron chi connectivity index (χ1n) is 14.1. The van der Waals surface area contributed by atoms with Gasteiger partial charge in [-0.3, -0.25) is 0 Å². The summed E-state index contributed by atoms with van der Waals surface area (Å²) >= 11 is 0. The predicted octanol–water partition coefficient (Wildman–Crippen LogP) is 9.35. The summed E-state index contributed by atoms with van der Waals surface area (Å²) in [5.41, 5.74) is 7.65. The third-order valence-corrected chi connectivity index (χ3v) is 11.2. The predicted molar refractivity (Wildman–Crippen MR) is 179 cm³/mol. The zero-order chi connectivity index (χ0) is 28.5. The molecule has 0 bridgehead atoms. The lowest BCUT2D eigenvalue weighted by atomic mass is 9.88. The van der Waals surface area contributed by atoms with Gasteiger partial charge in [-0.15, -0.1) is 0 Å². The maximum Gasteiger partial charge on any atom is 0.119 e. The number of rotatable bonds is 11. The number of allylic oxidation sites excluding steroid dienone is 13. The summed E-state index contributed by atoms with van der Waals surface area (Å²) in [6.45, 7) is 10.1. The van der Waals surface area contributed by atoms with Crippen molar-refractivity contribution in [2.75, 3.05) is 39.3 Å². The molecule has 0 saturated carbocycles. The fraction of sp³-hybridized carbons (Fsp3) is 0.243. The summed E-state index contributed by atoms with van der Waals surface area (Å²) in [5, 5.41) is 0. The van der Waals surface area contributed by atoms with Crippen LogP contribution in [-0.4, -0.2) is 44.2 Å². The average Bonchev–Trinajstić information content (AvgIpc) is 3.08. The van der Waals surface area contributed by atoms with Gasteiger partial charge in [0, 0.05) is 27.5 Å². The molecule has 3 heteroatoms. The van der Waals surface area contributed by atoms with E-state index in [2.05, 4.69) is 149 Å². The SMILES string of the molecule is C=C/C=C(\C=C/C)C1=C(c2ccccc2)S(C)(CC)C(c2ccc(OCCN(C)C)cc2)=C1C1=CC=CCC=C1. The molecule has 2 aliphatic rings. The molecule has 208 valence electrons. The monoisotopic (exact) mass is 549 g/mol. The molecule has 0 spiro atoms. The average molecular weight is 550 g/mol. The highest BCUT2D eigenvalue weighted by molar-refractivity contribution is 8.47. The highest BCUT2D eigenvalue weighted by Crippen LogP contribution is 2.74. The minimum absolute atomic E-state index is 0.672. The van der Waals surface area contributed by atoms with E-state index in [1.165, 1.54) is 43.2 Å². The Labute approximate surface area is 243 Å². The Balaban J connectivity index is 2.02. The number of likely N-dealkylation sites (N-methyl/N-ethyl adjacent to an activating group) is 1. The standard InChI is InChI=1S/C37H43NOS/c1-7-17-29(18-8-2)34-35(30-19-13-10-11-14-20-30)37(32-23-25-33(26-24-32)39-28-27-38(4)5)40(6,9-3)36(34)31-21-15-12-16-22-31/h7-8,10,12-26H,1,9,11,27-28H2,2-6H3/b18-8-,29-17+. The van der Waals surface area contributed by atoms with Gasteiger partial charge in [0.2, 0.25) is 0 Å². The molecule has 0 radical (unpaired) electrons. The van der Waals surface area contributed by atoms with Crippen molar-refractivity contribution in [2.45, 2.75) is 20.3 Å². The quantitative estimate of drug-likeness (QED) is 0.259. The van der Waals surface area contributed by atoms with Crippen LogP contribution < -0.4 is 4.74 Å². The van der Waals surface area contributed by atoms with Crippen molar-refractivity contribution in [1.29, 1.82) is 0 Å². The van der Waals surface area contributed by atoms with Crippen LogP contribution in [0.5, 0.6) is 5.75 Å². The van der Waals surface area contributed by atoms with Crippen molar-refractivity contribution in [2.24, 2.45) is 0 Å². The molecule has 1 aliphatic heterocycles. The van der Waals surface area contributed by atoms with Gasteiger partial charge in [-0.1, -0.05) is 111 Å². The van der Waals surface area contributed by atoms with E-state index in [4.69, 9.17) is 4.74 Å². The molecule has 1 atom stereocenters. The largest absolute Gasteiger partial charge is 0.492 e. The maximum absolute atomic E-state index is 6.06. The molecule has 0 saturated heterocycles. The van der Waals surface area contributed by atoms with Crippen molar-refractivity contribution < 1.29 is 4.74 Å². The van der Waals surface area contributed by atoms with Crippen LogP contribution in [0.25, 0.3) is 9.81 Å². The summed E-state index contributed by atoms with van der Waals surface area (Å²) in [7, 11) is 2.73. The third kappa shape index (κ3) is 6.27. The molecule has 1 aliphatic carbocycles. The van der Waals surface area contributed by atoms with Gasteiger partial charge in [0.25, 0.3) is 0 Å². The van der Waals surface area contributed by atoms with E-state index in [0.717, 1.165) is 24.5 Å². The third-order valence-electron chi connectivity index (χ3n) is 7.34. The topological polar surface area (TPSA) is 12.5 Å². The van der Waals surface area contributed by atoms with Crippen molar-refractivity contribution in [3.63, 3.8) is 0 Å². The summed E-state index contributed by atoms with van der Waals surface area (Å²) < 4.78 is 6.06. The lowest BCUT2D eigenvalue weighted by Crippen LogP contribution is -2.19. The molecule has 2 nitrogen and oxygen atoms in total. The van der Waals surface area contributed by atoms with Crippen LogP contribution in [0.2, 0.25) is 0 Å². The molecule has 0 fully saturated rings.